The Morgan fingerprint density at radius 2 is 1.90 bits per heavy atom. The van der Waals surface area contributed by atoms with Gasteiger partial charge in [0.15, 0.2) is 0 Å². The zero-order valence-electron chi connectivity index (χ0n) is 13.7. The summed E-state index contributed by atoms with van der Waals surface area (Å²) >= 11 is 0. The summed E-state index contributed by atoms with van der Waals surface area (Å²) in [4.78, 5) is 2.62. The highest BCUT2D eigenvalue weighted by molar-refractivity contribution is 5.38. The number of nitrogens with one attached hydrogen (secondary N) is 1. The van der Waals surface area contributed by atoms with Crippen molar-refractivity contribution in [2.75, 3.05) is 26.2 Å². The van der Waals surface area contributed by atoms with Crippen LogP contribution in [0.3, 0.4) is 0 Å². The molecule has 1 saturated heterocycles. The van der Waals surface area contributed by atoms with E-state index in [0.29, 0.717) is 11.5 Å². The molecule has 116 valence electrons. The number of hydrogen-bond acceptors (Lipinski definition) is 2. The Balaban J connectivity index is 1.59. The number of rotatable bonds is 4. The molecule has 1 aromatic rings. The smallest absolute Gasteiger partial charge is 0.0324 e. The summed E-state index contributed by atoms with van der Waals surface area (Å²) in [6.07, 6.45) is 6.76. The summed E-state index contributed by atoms with van der Waals surface area (Å²) in [6, 6.07) is 9.60. The average Bonchev–Trinajstić information content (AvgIpc) is 2.51. The van der Waals surface area contributed by atoms with Gasteiger partial charge in [0.1, 0.15) is 0 Å². The molecule has 1 heterocycles. The summed E-state index contributed by atoms with van der Waals surface area (Å²) in [5.74, 6) is 0. The summed E-state index contributed by atoms with van der Waals surface area (Å²) in [6.45, 7) is 9.71. The fraction of sp³-hybridized carbons (Fsp3) is 0.684. The molecule has 2 heteroatoms. The Morgan fingerprint density at radius 3 is 2.71 bits per heavy atom. The van der Waals surface area contributed by atoms with E-state index in [-0.39, 0.29) is 0 Å². The van der Waals surface area contributed by atoms with Crippen LogP contribution in [0.2, 0.25) is 0 Å². The van der Waals surface area contributed by atoms with Crippen molar-refractivity contribution in [2.45, 2.75) is 57.4 Å². The summed E-state index contributed by atoms with van der Waals surface area (Å²) < 4.78 is 0. The van der Waals surface area contributed by atoms with Crippen LogP contribution < -0.4 is 5.32 Å². The van der Waals surface area contributed by atoms with E-state index in [0.717, 1.165) is 6.54 Å². The Kier molecular flexibility index (Phi) is 4.66. The lowest BCUT2D eigenvalue weighted by atomic mass is 9.71. The van der Waals surface area contributed by atoms with Crippen LogP contribution in [0.4, 0.5) is 0 Å². The first-order chi connectivity index (χ1) is 10.2. The lowest BCUT2D eigenvalue weighted by Gasteiger charge is -2.38. The molecular weight excluding hydrogens is 256 g/mol. The number of piperidine rings is 1. The van der Waals surface area contributed by atoms with Gasteiger partial charge in [-0.1, -0.05) is 44.5 Å². The molecule has 1 aromatic carbocycles. The predicted octanol–water partition coefficient (Wildman–Crippen LogP) is 3.87. The second-order valence-corrected chi connectivity index (χ2v) is 7.42. The lowest BCUT2D eigenvalue weighted by molar-refractivity contribution is 0.223. The van der Waals surface area contributed by atoms with Crippen molar-refractivity contribution in [3.8, 4) is 0 Å². The third-order valence-electron chi connectivity index (χ3n) is 5.39. The maximum atomic E-state index is 3.82. The number of fused-ring (bicyclic) bond motifs is 1. The molecule has 0 amide bonds. The van der Waals surface area contributed by atoms with Gasteiger partial charge in [-0.05, 0) is 55.3 Å². The monoisotopic (exact) mass is 286 g/mol. The fourth-order valence-corrected chi connectivity index (χ4v) is 4.00. The van der Waals surface area contributed by atoms with Gasteiger partial charge in [-0.15, -0.1) is 0 Å². The topological polar surface area (TPSA) is 15.3 Å². The SMILES string of the molecule is CC1(C)CCC(NCCN2CCCCC2)c2ccccc21. The lowest BCUT2D eigenvalue weighted by Crippen LogP contribution is -2.39. The zero-order valence-corrected chi connectivity index (χ0v) is 13.7. The molecule has 0 radical (unpaired) electrons. The molecule has 0 bridgehead atoms. The van der Waals surface area contributed by atoms with Crippen LogP contribution in [0.5, 0.6) is 0 Å². The normalized spacial score (nSPS) is 25.5. The molecule has 1 fully saturated rings. The third kappa shape index (κ3) is 3.49. The number of likely N-dealkylation sites (tertiary alicyclic amines) is 1. The highest BCUT2D eigenvalue weighted by atomic mass is 15.1. The predicted molar refractivity (Wildman–Crippen MR) is 89.7 cm³/mol. The van der Waals surface area contributed by atoms with Crippen molar-refractivity contribution in [3.05, 3.63) is 35.4 Å². The van der Waals surface area contributed by atoms with Gasteiger partial charge in [0.05, 0.1) is 0 Å². The maximum absolute atomic E-state index is 3.82. The van der Waals surface area contributed by atoms with Crippen molar-refractivity contribution in [2.24, 2.45) is 0 Å². The maximum Gasteiger partial charge on any atom is 0.0324 e. The van der Waals surface area contributed by atoms with Gasteiger partial charge in [0.25, 0.3) is 0 Å². The van der Waals surface area contributed by atoms with E-state index in [4.69, 9.17) is 0 Å². The van der Waals surface area contributed by atoms with Crippen LogP contribution in [0, 0.1) is 0 Å². The third-order valence-corrected chi connectivity index (χ3v) is 5.39. The second-order valence-electron chi connectivity index (χ2n) is 7.42. The van der Waals surface area contributed by atoms with Gasteiger partial charge in [-0.3, -0.25) is 0 Å². The van der Waals surface area contributed by atoms with E-state index >= 15 is 0 Å². The molecule has 2 nitrogen and oxygen atoms in total. The number of nitrogens with zero attached hydrogens (tertiary/aromatic N) is 1. The molecule has 0 spiro atoms. The Labute approximate surface area is 129 Å². The van der Waals surface area contributed by atoms with E-state index in [1.807, 2.05) is 0 Å². The second kappa shape index (κ2) is 6.50. The quantitative estimate of drug-likeness (QED) is 0.904. The molecule has 1 aliphatic carbocycles. The minimum Gasteiger partial charge on any atom is -0.309 e. The number of hydrogen-bond donors (Lipinski definition) is 1. The van der Waals surface area contributed by atoms with Crippen molar-refractivity contribution < 1.29 is 0 Å². The van der Waals surface area contributed by atoms with E-state index in [1.165, 1.54) is 57.3 Å². The van der Waals surface area contributed by atoms with E-state index in [9.17, 15) is 0 Å². The van der Waals surface area contributed by atoms with Crippen LogP contribution in [0.25, 0.3) is 0 Å². The number of benzene rings is 1. The van der Waals surface area contributed by atoms with Gasteiger partial charge in [0.2, 0.25) is 0 Å². The van der Waals surface area contributed by atoms with Crippen LogP contribution in [0.15, 0.2) is 24.3 Å². The van der Waals surface area contributed by atoms with Crippen LogP contribution in [-0.2, 0) is 5.41 Å². The first-order valence-corrected chi connectivity index (χ1v) is 8.72. The zero-order chi connectivity index (χ0) is 14.7. The Morgan fingerprint density at radius 1 is 1.14 bits per heavy atom. The molecule has 21 heavy (non-hydrogen) atoms. The summed E-state index contributed by atoms with van der Waals surface area (Å²) in [5, 5.41) is 3.82. The average molecular weight is 286 g/mol. The van der Waals surface area contributed by atoms with Crippen molar-refractivity contribution in [1.29, 1.82) is 0 Å². The molecule has 2 aliphatic rings. The minimum absolute atomic E-state index is 0.335. The standard InChI is InChI=1S/C19H30N2/c1-19(2)11-10-18(16-8-4-5-9-17(16)19)20-12-15-21-13-6-3-7-14-21/h4-5,8-9,18,20H,3,6-7,10-15H2,1-2H3. The summed E-state index contributed by atoms with van der Waals surface area (Å²) in [5.41, 5.74) is 3.42. The Hall–Kier alpha value is -0.860. The molecule has 3 rings (SSSR count). The van der Waals surface area contributed by atoms with Crippen molar-refractivity contribution in [1.82, 2.24) is 10.2 Å². The highest BCUT2D eigenvalue weighted by Gasteiger charge is 2.31. The van der Waals surface area contributed by atoms with Gasteiger partial charge in [-0.25, -0.2) is 0 Å². The van der Waals surface area contributed by atoms with Crippen molar-refractivity contribution >= 4 is 0 Å². The van der Waals surface area contributed by atoms with Gasteiger partial charge < -0.3 is 10.2 Å². The molecule has 1 N–H and O–H groups in total. The van der Waals surface area contributed by atoms with Crippen LogP contribution in [-0.4, -0.2) is 31.1 Å². The van der Waals surface area contributed by atoms with Gasteiger partial charge >= 0.3 is 0 Å². The van der Waals surface area contributed by atoms with E-state index in [1.54, 1.807) is 5.56 Å². The first-order valence-electron chi connectivity index (χ1n) is 8.72. The summed E-state index contributed by atoms with van der Waals surface area (Å²) in [7, 11) is 0. The van der Waals surface area contributed by atoms with Crippen molar-refractivity contribution in [3.63, 3.8) is 0 Å². The van der Waals surface area contributed by atoms with E-state index in [2.05, 4.69) is 48.3 Å². The molecular formula is C19H30N2. The van der Waals surface area contributed by atoms with Gasteiger partial charge in [0, 0.05) is 19.1 Å². The highest BCUT2D eigenvalue weighted by Crippen LogP contribution is 2.41. The van der Waals surface area contributed by atoms with Crippen LogP contribution >= 0.6 is 0 Å². The molecule has 1 unspecified atom stereocenters. The molecule has 1 atom stereocenters. The largest absolute Gasteiger partial charge is 0.309 e. The molecule has 1 aliphatic heterocycles. The minimum atomic E-state index is 0.335. The van der Waals surface area contributed by atoms with Gasteiger partial charge in [-0.2, -0.15) is 0 Å². The van der Waals surface area contributed by atoms with E-state index < -0.39 is 0 Å². The van der Waals surface area contributed by atoms with Crippen LogP contribution in [0.1, 0.15) is 63.1 Å². The molecule has 0 saturated carbocycles. The Bertz CT molecular complexity index is 460. The first kappa shape index (κ1) is 15.1. The fourth-order valence-electron chi connectivity index (χ4n) is 4.00. The molecule has 0 aromatic heterocycles.